The Kier molecular flexibility index (Phi) is 3.10. The van der Waals surface area contributed by atoms with Crippen molar-refractivity contribution in [1.82, 2.24) is 19.3 Å². The molecule has 0 amide bonds. The molecule has 102 valence electrons. The van der Waals surface area contributed by atoms with Gasteiger partial charge < -0.3 is 9.13 Å². The van der Waals surface area contributed by atoms with Gasteiger partial charge in [0, 0.05) is 12.1 Å². The van der Waals surface area contributed by atoms with Crippen LogP contribution in [0.1, 0.15) is 25.7 Å². The summed E-state index contributed by atoms with van der Waals surface area (Å²) in [6.07, 6.45) is 1.70. The Morgan fingerprint density at radius 2 is 1.95 bits per heavy atom. The second kappa shape index (κ2) is 4.92. The van der Waals surface area contributed by atoms with Crippen molar-refractivity contribution in [3.63, 3.8) is 0 Å². The van der Waals surface area contributed by atoms with E-state index in [-0.39, 0.29) is 11.6 Å². The molecule has 0 bridgehead atoms. The molecule has 3 rings (SSSR count). The molecular weight excluding hydrogens is 252 g/mol. The zero-order valence-electron chi connectivity index (χ0n) is 11.5. The molecule has 0 saturated carbocycles. The van der Waals surface area contributed by atoms with Crippen LogP contribution in [0, 0.1) is 0 Å². The molecule has 0 aliphatic carbocycles. The number of hydrogen-bond donors (Lipinski definition) is 0. The summed E-state index contributed by atoms with van der Waals surface area (Å²) in [5, 5.41) is 9.12. The molecule has 0 saturated heterocycles. The summed E-state index contributed by atoms with van der Waals surface area (Å²) in [6, 6.07) is 11.6. The van der Waals surface area contributed by atoms with Crippen molar-refractivity contribution in [3.8, 4) is 0 Å². The number of hydrogen-bond acceptors (Lipinski definition) is 3. The largest absolute Gasteiger partial charge is 0.314 e. The Bertz CT molecular complexity index is 801. The number of para-hydroxylation sites is 1. The molecule has 20 heavy (non-hydrogen) atoms. The van der Waals surface area contributed by atoms with Crippen LogP contribution in [0.5, 0.6) is 0 Å². The van der Waals surface area contributed by atoms with Crippen LogP contribution in [0.25, 0.3) is 10.9 Å². The van der Waals surface area contributed by atoms with Gasteiger partial charge in [0.2, 0.25) is 0 Å². The highest BCUT2D eigenvalue weighted by Crippen LogP contribution is 2.13. The molecule has 0 aliphatic rings. The predicted octanol–water partition coefficient (Wildman–Crippen LogP) is 2.22. The summed E-state index contributed by atoms with van der Waals surface area (Å²) in [4.78, 5) is 12.1. The van der Waals surface area contributed by atoms with Gasteiger partial charge in [0.1, 0.15) is 6.33 Å². The molecule has 5 nitrogen and oxygen atoms in total. The first-order valence-electron chi connectivity index (χ1n) is 6.64. The molecule has 3 aromatic rings. The lowest BCUT2D eigenvalue weighted by molar-refractivity contribution is 0.553. The van der Waals surface area contributed by atoms with E-state index >= 15 is 0 Å². The minimum Gasteiger partial charge on any atom is -0.314 e. The van der Waals surface area contributed by atoms with Crippen LogP contribution in [-0.2, 0) is 6.54 Å². The Hall–Kier alpha value is -2.43. The summed E-state index contributed by atoms with van der Waals surface area (Å²) in [7, 11) is 0. The van der Waals surface area contributed by atoms with Gasteiger partial charge in [0.15, 0.2) is 5.82 Å². The van der Waals surface area contributed by atoms with Gasteiger partial charge in [0.05, 0.1) is 12.1 Å². The second-order valence-electron chi connectivity index (χ2n) is 5.06. The molecule has 0 atom stereocenters. The maximum atomic E-state index is 12.1. The first-order valence-corrected chi connectivity index (χ1v) is 6.64. The summed E-state index contributed by atoms with van der Waals surface area (Å²) in [5.41, 5.74) is 0.889. The highest BCUT2D eigenvalue weighted by Gasteiger charge is 2.10. The Morgan fingerprint density at radius 3 is 2.75 bits per heavy atom. The number of nitrogens with zero attached hydrogens (tertiary/aromatic N) is 4. The minimum absolute atomic E-state index is 0.0259. The quantitative estimate of drug-likeness (QED) is 0.732. The lowest BCUT2D eigenvalue weighted by Gasteiger charge is -2.13. The van der Waals surface area contributed by atoms with Crippen LogP contribution < -0.4 is 5.56 Å². The van der Waals surface area contributed by atoms with Gasteiger partial charge in [-0.2, -0.15) is 0 Å². The normalized spacial score (nSPS) is 11.3. The van der Waals surface area contributed by atoms with E-state index in [1.54, 1.807) is 17.0 Å². The zero-order chi connectivity index (χ0) is 14.1. The van der Waals surface area contributed by atoms with Crippen LogP contribution >= 0.6 is 0 Å². The van der Waals surface area contributed by atoms with Gasteiger partial charge >= 0.3 is 0 Å². The zero-order valence-corrected chi connectivity index (χ0v) is 11.5. The number of rotatable bonds is 3. The van der Waals surface area contributed by atoms with Gasteiger partial charge in [-0.25, -0.2) is 0 Å². The van der Waals surface area contributed by atoms with E-state index in [0.717, 1.165) is 16.7 Å². The molecule has 5 heteroatoms. The van der Waals surface area contributed by atoms with E-state index < -0.39 is 0 Å². The average molecular weight is 268 g/mol. The third-order valence-corrected chi connectivity index (χ3v) is 3.40. The standard InChI is InChI=1S/C15H16N4O/c1-11(2)19-10-16-17-14(19)9-18-13-6-4-3-5-12(13)7-8-15(18)20/h3-8,10-11H,9H2,1-2H3. The lowest BCUT2D eigenvalue weighted by atomic mass is 10.2. The Labute approximate surface area is 116 Å². The summed E-state index contributed by atoms with van der Waals surface area (Å²) in [5.74, 6) is 0.790. The summed E-state index contributed by atoms with van der Waals surface area (Å²) in [6.45, 7) is 4.57. The monoisotopic (exact) mass is 268 g/mol. The first-order chi connectivity index (χ1) is 9.66. The van der Waals surface area contributed by atoms with Crippen LogP contribution in [0.2, 0.25) is 0 Å². The van der Waals surface area contributed by atoms with E-state index in [9.17, 15) is 4.79 Å². The molecule has 0 unspecified atom stereocenters. The molecule has 2 aromatic heterocycles. The minimum atomic E-state index is -0.0259. The van der Waals surface area contributed by atoms with Crippen LogP contribution in [-0.4, -0.2) is 19.3 Å². The molecule has 0 radical (unpaired) electrons. The van der Waals surface area contributed by atoms with Crippen molar-refractivity contribution in [3.05, 3.63) is 58.9 Å². The molecule has 0 N–H and O–H groups in total. The van der Waals surface area contributed by atoms with Crippen LogP contribution in [0.3, 0.4) is 0 Å². The fourth-order valence-electron chi connectivity index (χ4n) is 2.36. The van der Waals surface area contributed by atoms with Crippen molar-refractivity contribution in [2.45, 2.75) is 26.4 Å². The van der Waals surface area contributed by atoms with Crippen molar-refractivity contribution in [2.75, 3.05) is 0 Å². The predicted molar refractivity (Wildman–Crippen MR) is 77.7 cm³/mol. The van der Waals surface area contributed by atoms with Crippen LogP contribution in [0.15, 0.2) is 47.5 Å². The van der Waals surface area contributed by atoms with E-state index in [2.05, 4.69) is 24.0 Å². The SMILES string of the molecule is CC(C)n1cnnc1Cn1c(=O)ccc2ccccc21. The van der Waals surface area contributed by atoms with Gasteiger partial charge in [-0.3, -0.25) is 4.79 Å². The van der Waals surface area contributed by atoms with Gasteiger partial charge in [-0.1, -0.05) is 18.2 Å². The van der Waals surface area contributed by atoms with E-state index in [4.69, 9.17) is 0 Å². The Morgan fingerprint density at radius 1 is 1.15 bits per heavy atom. The number of benzene rings is 1. The number of pyridine rings is 1. The summed E-state index contributed by atoms with van der Waals surface area (Å²) >= 11 is 0. The van der Waals surface area contributed by atoms with E-state index in [0.29, 0.717) is 6.54 Å². The smallest absolute Gasteiger partial charge is 0.251 e. The van der Waals surface area contributed by atoms with Gasteiger partial charge in [0.25, 0.3) is 5.56 Å². The molecule has 0 aliphatic heterocycles. The van der Waals surface area contributed by atoms with Crippen LogP contribution in [0.4, 0.5) is 0 Å². The molecule has 0 fully saturated rings. The number of fused-ring (bicyclic) bond motifs is 1. The first kappa shape index (κ1) is 12.6. The van der Waals surface area contributed by atoms with Crippen molar-refractivity contribution >= 4 is 10.9 Å². The maximum Gasteiger partial charge on any atom is 0.251 e. The van der Waals surface area contributed by atoms with Crippen molar-refractivity contribution < 1.29 is 0 Å². The van der Waals surface area contributed by atoms with Crippen molar-refractivity contribution in [2.24, 2.45) is 0 Å². The van der Waals surface area contributed by atoms with E-state index in [1.165, 1.54) is 0 Å². The third-order valence-electron chi connectivity index (χ3n) is 3.40. The fourth-order valence-corrected chi connectivity index (χ4v) is 2.36. The molecule has 2 heterocycles. The van der Waals surface area contributed by atoms with Gasteiger partial charge in [-0.15, -0.1) is 10.2 Å². The highest BCUT2D eigenvalue weighted by atomic mass is 16.1. The molecule has 1 aromatic carbocycles. The average Bonchev–Trinajstić information content (AvgIpc) is 2.90. The maximum absolute atomic E-state index is 12.1. The van der Waals surface area contributed by atoms with Crippen molar-refractivity contribution in [1.29, 1.82) is 0 Å². The number of aromatic nitrogens is 4. The van der Waals surface area contributed by atoms with E-state index in [1.807, 2.05) is 34.9 Å². The second-order valence-corrected chi connectivity index (χ2v) is 5.06. The lowest BCUT2D eigenvalue weighted by Crippen LogP contribution is -2.22. The summed E-state index contributed by atoms with van der Waals surface area (Å²) < 4.78 is 3.71. The molecule has 0 spiro atoms. The molecular formula is C15H16N4O. The van der Waals surface area contributed by atoms with Gasteiger partial charge in [-0.05, 0) is 31.4 Å². The highest BCUT2D eigenvalue weighted by molar-refractivity contribution is 5.78. The third kappa shape index (κ3) is 2.11. The fraction of sp³-hybridized carbons (Fsp3) is 0.267. The Balaban J connectivity index is 2.13. The topological polar surface area (TPSA) is 52.7 Å².